The topological polar surface area (TPSA) is 0 Å². The monoisotopic (exact) mass is 254 g/mol. The molecule has 54 valence electrons. The van der Waals surface area contributed by atoms with Gasteiger partial charge in [0.1, 0.15) is 0 Å². The van der Waals surface area contributed by atoms with E-state index in [2.05, 4.69) is 45.4 Å². The second-order valence-corrected chi connectivity index (χ2v) is 5.12. The Hall–Kier alpha value is 0.700. The summed E-state index contributed by atoms with van der Waals surface area (Å²) in [7, 11) is 0. The molecule has 0 bridgehead atoms. The van der Waals surface area contributed by atoms with Crippen molar-refractivity contribution < 1.29 is 0 Å². The van der Waals surface area contributed by atoms with E-state index in [-0.39, 0.29) is 0 Å². The molecule has 0 aromatic heterocycles. The molecule has 0 heterocycles. The van der Waals surface area contributed by atoms with Crippen molar-refractivity contribution >= 4 is 31.9 Å². The van der Waals surface area contributed by atoms with Gasteiger partial charge in [-0.05, 0) is 12.8 Å². The van der Waals surface area contributed by atoms with Crippen LogP contribution in [-0.2, 0) is 0 Å². The summed E-state index contributed by atoms with van der Waals surface area (Å²) >= 11 is 6.77. The second-order valence-electron chi connectivity index (χ2n) is 2.06. The SMILES string of the molecule is C=C(CCCC)C(Br)Br. The number of unbranched alkanes of at least 4 members (excludes halogenated alkanes) is 1. The van der Waals surface area contributed by atoms with Crippen LogP contribution in [0.4, 0.5) is 0 Å². The van der Waals surface area contributed by atoms with Crippen LogP contribution in [0.25, 0.3) is 0 Å². The zero-order valence-corrected chi connectivity index (χ0v) is 8.83. The average Bonchev–Trinajstić information content (AvgIpc) is 1.82. The molecule has 0 fully saturated rings. The van der Waals surface area contributed by atoms with Crippen LogP contribution in [0, 0.1) is 0 Å². The number of hydrogen-bond donors (Lipinski definition) is 0. The van der Waals surface area contributed by atoms with Gasteiger partial charge >= 0.3 is 0 Å². The van der Waals surface area contributed by atoms with Gasteiger partial charge in [-0.25, -0.2) is 0 Å². The number of alkyl halides is 2. The van der Waals surface area contributed by atoms with E-state index in [0.717, 1.165) is 6.42 Å². The predicted octanol–water partition coefficient (Wildman–Crippen LogP) is 3.85. The summed E-state index contributed by atoms with van der Waals surface area (Å²) in [4.78, 5) is 0. The molecule has 0 aliphatic rings. The van der Waals surface area contributed by atoms with E-state index in [4.69, 9.17) is 0 Å². The molecule has 0 spiro atoms. The summed E-state index contributed by atoms with van der Waals surface area (Å²) < 4.78 is 0.302. The maximum atomic E-state index is 3.90. The molecule has 0 aromatic carbocycles. The number of hydrogen-bond acceptors (Lipinski definition) is 0. The van der Waals surface area contributed by atoms with Crippen LogP contribution in [0.1, 0.15) is 26.2 Å². The smallest absolute Gasteiger partial charge is 0.0904 e. The van der Waals surface area contributed by atoms with Gasteiger partial charge in [-0.2, -0.15) is 0 Å². The predicted molar refractivity (Wildman–Crippen MR) is 50.3 cm³/mol. The van der Waals surface area contributed by atoms with E-state index in [1.54, 1.807) is 0 Å². The molecule has 0 saturated carbocycles. The van der Waals surface area contributed by atoms with Gasteiger partial charge in [0, 0.05) is 0 Å². The molecule has 0 N–H and O–H groups in total. The Labute approximate surface area is 74.0 Å². The van der Waals surface area contributed by atoms with Crippen LogP contribution in [0.2, 0.25) is 0 Å². The lowest BCUT2D eigenvalue weighted by Crippen LogP contribution is -1.89. The minimum absolute atomic E-state index is 0.302. The summed E-state index contributed by atoms with van der Waals surface area (Å²) in [6.07, 6.45) is 3.61. The first-order valence-electron chi connectivity index (χ1n) is 3.14. The molecule has 0 amide bonds. The van der Waals surface area contributed by atoms with Gasteiger partial charge in [0.15, 0.2) is 0 Å². The van der Waals surface area contributed by atoms with Gasteiger partial charge in [-0.15, -0.1) is 0 Å². The third kappa shape index (κ3) is 5.16. The Morgan fingerprint density at radius 2 is 2.11 bits per heavy atom. The Morgan fingerprint density at radius 3 is 2.44 bits per heavy atom. The molecule has 0 atom stereocenters. The summed E-state index contributed by atoms with van der Waals surface area (Å²) in [5.74, 6) is 0. The average molecular weight is 256 g/mol. The number of allylic oxidation sites excluding steroid dienone is 1. The van der Waals surface area contributed by atoms with Crippen molar-refractivity contribution in [2.75, 3.05) is 0 Å². The molecular formula is C7H12Br2. The van der Waals surface area contributed by atoms with Crippen molar-refractivity contribution in [1.29, 1.82) is 0 Å². The van der Waals surface area contributed by atoms with E-state index >= 15 is 0 Å². The fourth-order valence-electron chi connectivity index (χ4n) is 0.513. The van der Waals surface area contributed by atoms with Crippen molar-refractivity contribution in [3.8, 4) is 0 Å². The zero-order chi connectivity index (χ0) is 7.28. The molecule has 0 rings (SSSR count). The van der Waals surface area contributed by atoms with Crippen LogP contribution in [0.3, 0.4) is 0 Å². The van der Waals surface area contributed by atoms with E-state index in [1.165, 1.54) is 18.4 Å². The highest BCUT2D eigenvalue weighted by molar-refractivity contribution is 9.24. The summed E-state index contributed by atoms with van der Waals surface area (Å²) in [5, 5.41) is 0. The third-order valence-electron chi connectivity index (χ3n) is 1.16. The van der Waals surface area contributed by atoms with Crippen LogP contribution < -0.4 is 0 Å². The van der Waals surface area contributed by atoms with Crippen LogP contribution in [0.5, 0.6) is 0 Å². The summed E-state index contributed by atoms with van der Waals surface area (Å²) in [6.45, 7) is 6.08. The van der Waals surface area contributed by atoms with Crippen molar-refractivity contribution in [2.45, 2.75) is 29.9 Å². The molecule has 0 nitrogen and oxygen atoms in total. The summed E-state index contributed by atoms with van der Waals surface area (Å²) in [5.41, 5.74) is 1.23. The highest BCUT2D eigenvalue weighted by atomic mass is 79.9. The Balaban J connectivity index is 3.28. The van der Waals surface area contributed by atoms with Crippen LogP contribution in [-0.4, -0.2) is 3.74 Å². The van der Waals surface area contributed by atoms with Gasteiger partial charge in [0.2, 0.25) is 0 Å². The molecule has 2 heteroatoms. The minimum Gasteiger partial charge on any atom is -0.0979 e. The first kappa shape index (κ1) is 9.70. The molecule has 0 unspecified atom stereocenters. The Bertz CT molecular complexity index is 86.9. The molecule has 0 saturated heterocycles. The highest BCUT2D eigenvalue weighted by Crippen LogP contribution is 2.21. The van der Waals surface area contributed by atoms with Crippen LogP contribution in [0.15, 0.2) is 12.2 Å². The fraction of sp³-hybridized carbons (Fsp3) is 0.714. The molecule has 9 heavy (non-hydrogen) atoms. The molecule has 0 aliphatic heterocycles. The highest BCUT2D eigenvalue weighted by Gasteiger charge is 2.00. The maximum absolute atomic E-state index is 3.90. The fourth-order valence-corrected chi connectivity index (χ4v) is 0.971. The van der Waals surface area contributed by atoms with Crippen LogP contribution >= 0.6 is 31.9 Å². The second kappa shape index (κ2) is 5.48. The standard InChI is InChI=1S/C7H12Br2/c1-3-4-5-6(2)7(8)9/h7H,2-5H2,1H3. The Morgan fingerprint density at radius 1 is 1.56 bits per heavy atom. The zero-order valence-electron chi connectivity index (χ0n) is 5.66. The largest absolute Gasteiger partial charge is 0.0979 e. The lowest BCUT2D eigenvalue weighted by Gasteiger charge is -2.03. The Kier molecular flexibility index (Phi) is 5.91. The van der Waals surface area contributed by atoms with Gasteiger partial charge in [-0.1, -0.05) is 57.4 Å². The minimum atomic E-state index is 0.302. The van der Waals surface area contributed by atoms with Crippen molar-refractivity contribution in [3.05, 3.63) is 12.2 Å². The molecule has 0 aromatic rings. The van der Waals surface area contributed by atoms with Gasteiger partial charge in [-0.3, -0.25) is 0 Å². The van der Waals surface area contributed by atoms with Crippen molar-refractivity contribution in [3.63, 3.8) is 0 Å². The summed E-state index contributed by atoms with van der Waals surface area (Å²) in [6, 6.07) is 0. The van der Waals surface area contributed by atoms with Crippen molar-refractivity contribution in [2.24, 2.45) is 0 Å². The third-order valence-corrected chi connectivity index (χ3v) is 2.46. The normalized spacial score (nSPS) is 10.2. The maximum Gasteiger partial charge on any atom is 0.0904 e. The van der Waals surface area contributed by atoms with Gasteiger partial charge < -0.3 is 0 Å². The first-order valence-corrected chi connectivity index (χ1v) is 4.97. The quantitative estimate of drug-likeness (QED) is 0.529. The molecule has 0 aliphatic carbocycles. The van der Waals surface area contributed by atoms with Gasteiger partial charge in [0.05, 0.1) is 3.74 Å². The van der Waals surface area contributed by atoms with E-state index in [9.17, 15) is 0 Å². The lowest BCUT2D eigenvalue weighted by atomic mass is 10.2. The lowest BCUT2D eigenvalue weighted by molar-refractivity contribution is 0.789. The van der Waals surface area contributed by atoms with Crippen molar-refractivity contribution in [1.82, 2.24) is 0 Å². The first-order chi connectivity index (χ1) is 4.18. The van der Waals surface area contributed by atoms with E-state index in [0.29, 0.717) is 3.74 Å². The van der Waals surface area contributed by atoms with Gasteiger partial charge in [0.25, 0.3) is 0 Å². The number of rotatable bonds is 4. The molecular weight excluding hydrogens is 244 g/mol. The van der Waals surface area contributed by atoms with E-state index in [1.807, 2.05) is 0 Å². The van der Waals surface area contributed by atoms with E-state index < -0.39 is 0 Å². The number of halogens is 2. The molecule has 0 radical (unpaired) electrons.